The molecule has 2 rings (SSSR count). The van der Waals surface area contributed by atoms with E-state index in [1.54, 1.807) is 6.20 Å². The van der Waals surface area contributed by atoms with Crippen molar-refractivity contribution in [2.45, 2.75) is 18.4 Å². The predicted molar refractivity (Wildman–Crippen MR) is 72.8 cm³/mol. The summed E-state index contributed by atoms with van der Waals surface area (Å²) in [6, 6.07) is 2.38. The Kier molecular flexibility index (Phi) is 3.78. The molecule has 0 spiro atoms. The Bertz CT molecular complexity index is 690. The summed E-state index contributed by atoms with van der Waals surface area (Å²) in [5.74, 6) is -0.0829. The summed E-state index contributed by atoms with van der Waals surface area (Å²) in [5.41, 5.74) is 5.48. The lowest BCUT2D eigenvalue weighted by Gasteiger charge is -2.17. The van der Waals surface area contributed by atoms with Gasteiger partial charge in [-0.15, -0.1) is 0 Å². The Morgan fingerprint density at radius 1 is 1.45 bits per heavy atom. The Labute approximate surface area is 116 Å². The van der Waals surface area contributed by atoms with E-state index in [9.17, 15) is 12.8 Å². The molecule has 0 aliphatic carbocycles. The van der Waals surface area contributed by atoms with Gasteiger partial charge in [0.15, 0.2) is 0 Å². The number of sulfonamides is 1. The lowest BCUT2D eigenvalue weighted by Crippen LogP contribution is -2.27. The molecule has 6 nitrogen and oxygen atoms in total. The van der Waals surface area contributed by atoms with Crippen LogP contribution in [0.5, 0.6) is 0 Å². The SMILES string of the molecule is Cc1cc(S(=O)(=O)N(C)Cc2ncc[nH]2)cc(N)c1F. The Morgan fingerprint density at radius 3 is 2.70 bits per heavy atom. The summed E-state index contributed by atoms with van der Waals surface area (Å²) in [5, 5.41) is 0. The van der Waals surface area contributed by atoms with E-state index in [0.29, 0.717) is 5.82 Å². The summed E-state index contributed by atoms with van der Waals surface area (Å²) in [4.78, 5) is 6.75. The molecule has 8 heteroatoms. The van der Waals surface area contributed by atoms with Crippen LogP contribution in [0, 0.1) is 12.7 Å². The number of nitrogen functional groups attached to an aromatic ring is 1. The average molecular weight is 298 g/mol. The van der Waals surface area contributed by atoms with E-state index in [-0.39, 0.29) is 22.7 Å². The Morgan fingerprint density at radius 2 is 2.15 bits per heavy atom. The number of aryl methyl sites for hydroxylation is 1. The van der Waals surface area contributed by atoms with Crippen molar-refractivity contribution in [3.8, 4) is 0 Å². The van der Waals surface area contributed by atoms with E-state index in [0.717, 1.165) is 10.4 Å². The molecule has 3 N–H and O–H groups in total. The monoisotopic (exact) mass is 298 g/mol. The van der Waals surface area contributed by atoms with Gasteiger partial charge in [0.2, 0.25) is 10.0 Å². The zero-order valence-electron chi connectivity index (χ0n) is 11.1. The topological polar surface area (TPSA) is 92.1 Å². The van der Waals surface area contributed by atoms with Gasteiger partial charge in [0.25, 0.3) is 0 Å². The molecular weight excluding hydrogens is 283 g/mol. The third kappa shape index (κ3) is 2.66. The molecule has 1 heterocycles. The van der Waals surface area contributed by atoms with Crippen molar-refractivity contribution in [3.63, 3.8) is 0 Å². The van der Waals surface area contributed by atoms with E-state index in [2.05, 4.69) is 9.97 Å². The Balaban J connectivity index is 2.35. The van der Waals surface area contributed by atoms with E-state index >= 15 is 0 Å². The zero-order valence-corrected chi connectivity index (χ0v) is 11.9. The molecule has 0 amide bonds. The number of halogens is 1. The standard InChI is InChI=1S/C12H15FN4O2S/c1-8-5-9(6-10(14)12(8)13)20(18,19)17(2)7-11-15-3-4-16-11/h3-6H,7,14H2,1-2H3,(H,15,16). The van der Waals surface area contributed by atoms with Crippen LogP contribution in [0.1, 0.15) is 11.4 Å². The molecule has 108 valence electrons. The molecule has 0 bridgehead atoms. The van der Waals surface area contributed by atoms with E-state index in [4.69, 9.17) is 5.73 Å². The van der Waals surface area contributed by atoms with Crippen molar-refractivity contribution in [2.75, 3.05) is 12.8 Å². The minimum Gasteiger partial charge on any atom is -0.396 e. The van der Waals surface area contributed by atoms with Gasteiger partial charge < -0.3 is 10.7 Å². The first kappa shape index (κ1) is 14.5. The molecule has 1 aromatic carbocycles. The summed E-state index contributed by atoms with van der Waals surface area (Å²) in [6.45, 7) is 1.56. The lowest BCUT2D eigenvalue weighted by molar-refractivity contribution is 0.458. The van der Waals surface area contributed by atoms with Crippen molar-refractivity contribution in [2.24, 2.45) is 0 Å². The van der Waals surface area contributed by atoms with Crippen LogP contribution in [0.3, 0.4) is 0 Å². The van der Waals surface area contributed by atoms with Crippen molar-refractivity contribution < 1.29 is 12.8 Å². The minimum absolute atomic E-state index is 0.0389. The normalized spacial score (nSPS) is 12.0. The van der Waals surface area contributed by atoms with Crippen molar-refractivity contribution in [1.29, 1.82) is 0 Å². The number of anilines is 1. The second-order valence-electron chi connectivity index (χ2n) is 4.44. The van der Waals surface area contributed by atoms with Crippen LogP contribution in [0.25, 0.3) is 0 Å². The average Bonchev–Trinajstić information content (AvgIpc) is 2.88. The Hall–Kier alpha value is -1.93. The molecule has 2 aromatic rings. The maximum absolute atomic E-state index is 13.5. The number of H-pyrrole nitrogens is 1. The van der Waals surface area contributed by atoms with E-state index in [1.165, 1.54) is 26.2 Å². The summed E-state index contributed by atoms with van der Waals surface area (Å²) < 4.78 is 39.3. The molecule has 20 heavy (non-hydrogen) atoms. The van der Waals surface area contributed by atoms with Gasteiger partial charge in [0.1, 0.15) is 11.6 Å². The highest BCUT2D eigenvalue weighted by molar-refractivity contribution is 7.89. The van der Waals surface area contributed by atoms with Crippen molar-refractivity contribution in [1.82, 2.24) is 14.3 Å². The first-order chi connectivity index (χ1) is 9.32. The smallest absolute Gasteiger partial charge is 0.243 e. The summed E-state index contributed by atoms with van der Waals surface area (Å²) >= 11 is 0. The number of nitrogens with zero attached hydrogens (tertiary/aromatic N) is 2. The maximum Gasteiger partial charge on any atom is 0.243 e. The van der Waals surface area contributed by atoms with Gasteiger partial charge in [-0.3, -0.25) is 0 Å². The molecular formula is C12H15FN4O2S. The largest absolute Gasteiger partial charge is 0.396 e. The fourth-order valence-electron chi connectivity index (χ4n) is 1.77. The fraction of sp³-hybridized carbons (Fsp3) is 0.250. The molecule has 1 aromatic heterocycles. The number of imidazole rings is 1. The lowest BCUT2D eigenvalue weighted by atomic mass is 10.2. The van der Waals surface area contributed by atoms with Crippen LogP contribution < -0.4 is 5.73 Å². The predicted octanol–water partition coefficient (Wildman–Crippen LogP) is 1.26. The second kappa shape index (κ2) is 5.22. The second-order valence-corrected chi connectivity index (χ2v) is 6.49. The van der Waals surface area contributed by atoms with Crippen LogP contribution >= 0.6 is 0 Å². The van der Waals surface area contributed by atoms with Crippen LogP contribution in [0.2, 0.25) is 0 Å². The number of hydrogen-bond donors (Lipinski definition) is 2. The van der Waals surface area contributed by atoms with Crippen molar-refractivity contribution in [3.05, 3.63) is 41.7 Å². The first-order valence-electron chi connectivity index (χ1n) is 5.82. The molecule has 0 aliphatic heterocycles. The first-order valence-corrected chi connectivity index (χ1v) is 7.26. The number of benzene rings is 1. The van der Waals surface area contributed by atoms with Crippen LogP contribution in [-0.4, -0.2) is 29.7 Å². The van der Waals surface area contributed by atoms with Crippen LogP contribution in [0.4, 0.5) is 10.1 Å². The van der Waals surface area contributed by atoms with Crippen molar-refractivity contribution >= 4 is 15.7 Å². The molecule has 0 saturated carbocycles. The van der Waals surface area contributed by atoms with Gasteiger partial charge in [-0.25, -0.2) is 17.8 Å². The number of rotatable bonds is 4. The van der Waals surface area contributed by atoms with Gasteiger partial charge in [-0.2, -0.15) is 4.31 Å². The number of hydrogen-bond acceptors (Lipinski definition) is 4. The third-order valence-corrected chi connectivity index (χ3v) is 4.67. The summed E-state index contributed by atoms with van der Waals surface area (Å²) in [6.07, 6.45) is 3.14. The maximum atomic E-state index is 13.5. The third-order valence-electron chi connectivity index (χ3n) is 2.89. The number of nitrogens with two attached hydrogens (primary N) is 1. The number of aromatic nitrogens is 2. The zero-order chi connectivity index (χ0) is 14.9. The quantitative estimate of drug-likeness (QED) is 0.831. The van der Waals surface area contributed by atoms with Gasteiger partial charge in [0.05, 0.1) is 17.1 Å². The number of nitrogens with one attached hydrogen (secondary N) is 1. The van der Waals surface area contributed by atoms with E-state index in [1.807, 2.05) is 0 Å². The molecule has 0 fully saturated rings. The molecule has 0 aliphatic rings. The molecule has 0 unspecified atom stereocenters. The summed E-state index contributed by atoms with van der Waals surface area (Å²) in [7, 11) is -2.33. The highest BCUT2D eigenvalue weighted by Crippen LogP contribution is 2.23. The highest BCUT2D eigenvalue weighted by Gasteiger charge is 2.23. The minimum atomic E-state index is -3.75. The van der Waals surface area contributed by atoms with Crippen LogP contribution in [-0.2, 0) is 16.6 Å². The fourth-order valence-corrected chi connectivity index (χ4v) is 3.03. The van der Waals surface area contributed by atoms with Gasteiger partial charge in [-0.1, -0.05) is 0 Å². The van der Waals surface area contributed by atoms with Gasteiger partial charge in [-0.05, 0) is 24.6 Å². The molecule has 0 radical (unpaired) electrons. The van der Waals surface area contributed by atoms with Gasteiger partial charge >= 0.3 is 0 Å². The van der Waals surface area contributed by atoms with Gasteiger partial charge in [0, 0.05) is 19.4 Å². The highest BCUT2D eigenvalue weighted by atomic mass is 32.2. The molecule has 0 saturated heterocycles. The van der Waals surface area contributed by atoms with E-state index < -0.39 is 15.8 Å². The van der Waals surface area contributed by atoms with Crippen LogP contribution in [0.15, 0.2) is 29.4 Å². The number of aromatic amines is 1. The molecule has 0 atom stereocenters.